The number of pyridine rings is 4. The molecule has 230 valence electrons. The van der Waals surface area contributed by atoms with Gasteiger partial charge in [0.25, 0.3) is 0 Å². The van der Waals surface area contributed by atoms with E-state index in [1.165, 1.54) is 0 Å². The van der Waals surface area contributed by atoms with Crippen LogP contribution in [-0.4, -0.2) is 19.9 Å². The lowest BCUT2D eigenvalue weighted by Crippen LogP contribution is -1.93. The molecule has 5 aromatic heterocycles. The summed E-state index contributed by atoms with van der Waals surface area (Å²) in [6.07, 6.45) is 9.35. The minimum absolute atomic E-state index is 0.902. The van der Waals surface area contributed by atoms with Gasteiger partial charge in [0.15, 0.2) is 0 Å². The minimum atomic E-state index is 0.902. The van der Waals surface area contributed by atoms with Crippen LogP contribution in [0, 0.1) is 0 Å². The Labute approximate surface area is 288 Å². The maximum absolute atomic E-state index is 5.36. The van der Waals surface area contributed by atoms with E-state index in [4.69, 9.17) is 9.97 Å². The lowest BCUT2D eigenvalue weighted by Gasteiger charge is -2.13. The Balaban J connectivity index is 1.22. The molecule has 0 aliphatic heterocycles. The first-order valence-corrected chi connectivity index (χ1v) is 17.0. The molecule has 0 saturated heterocycles. The number of rotatable bonds is 6. The second-order valence-corrected chi connectivity index (χ2v) is 13.0. The largest absolute Gasteiger partial charge is 0.264 e. The van der Waals surface area contributed by atoms with E-state index in [1.807, 2.05) is 49.2 Å². The summed E-state index contributed by atoms with van der Waals surface area (Å²) in [5, 5.41) is 2.18. The van der Waals surface area contributed by atoms with Gasteiger partial charge in [-0.1, -0.05) is 84.9 Å². The molecule has 0 bridgehead atoms. The van der Waals surface area contributed by atoms with Crippen LogP contribution in [0.4, 0.5) is 0 Å². The lowest BCUT2D eigenvalue weighted by molar-refractivity contribution is 1.32. The molecule has 0 amide bonds. The van der Waals surface area contributed by atoms with Crippen molar-refractivity contribution in [1.29, 1.82) is 0 Å². The highest BCUT2D eigenvalue weighted by molar-refractivity contribution is 7.18. The zero-order valence-corrected chi connectivity index (χ0v) is 27.2. The monoisotopic (exact) mass is 644 g/mol. The number of benzene rings is 4. The Morgan fingerprint density at radius 2 is 0.959 bits per heavy atom. The van der Waals surface area contributed by atoms with Crippen molar-refractivity contribution in [2.45, 2.75) is 0 Å². The van der Waals surface area contributed by atoms with Crippen LogP contribution in [0.1, 0.15) is 0 Å². The molecule has 0 saturated carbocycles. The summed E-state index contributed by atoms with van der Waals surface area (Å²) in [6, 6.07) is 49.1. The molecule has 4 nitrogen and oxygen atoms in total. The van der Waals surface area contributed by atoms with Crippen molar-refractivity contribution in [2.75, 3.05) is 0 Å². The molecule has 9 aromatic rings. The van der Waals surface area contributed by atoms with Crippen molar-refractivity contribution in [2.24, 2.45) is 0 Å². The van der Waals surface area contributed by atoms with E-state index in [1.54, 1.807) is 11.3 Å². The third kappa shape index (κ3) is 5.46. The highest BCUT2D eigenvalue weighted by Gasteiger charge is 2.17. The number of hydrogen-bond donors (Lipinski definition) is 0. The molecule has 5 heterocycles. The summed E-state index contributed by atoms with van der Waals surface area (Å²) in [7, 11) is 0. The van der Waals surface area contributed by atoms with E-state index in [2.05, 4.69) is 131 Å². The molecule has 0 atom stereocenters. The van der Waals surface area contributed by atoms with Gasteiger partial charge in [0.1, 0.15) is 0 Å². The van der Waals surface area contributed by atoms with Crippen LogP contribution >= 0.6 is 11.3 Å². The minimum Gasteiger partial charge on any atom is -0.264 e. The number of aromatic nitrogens is 4. The number of thiophene rings is 1. The molecule has 0 N–H and O–H groups in total. The zero-order valence-electron chi connectivity index (χ0n) is 26.4. The van der Waals surface area contributed by atoms with E-state index in [-0.39, 0.29) is 0 Å². The average Bonchev–Trinajstić information content (AvgIpc) is 3.69. The van der Waals surface area contributed by atoms with Gasteiger partial charge in [-0.25, -0.2) is 4.98 Å². The molecule has 0 aliphatic carbocycles. The van der Waals surface area contributed by atoms with Crippen molar-refractivity contribution in [3.63, 3.8) is 0 Å². The molecular formula is C44H28N4S. The van der Waals surface area contributed by atoms with Crippen LogP contribution in [0.25, 0.3) is 87.3 Å². The molecule has 0 unspecified atom stereocenters. The van der Waals surface area contributed by atoms with E-state index in [0.29, 0.717) is 0 Å². The predicted octanol–water partition coefficient (Wildman–Crippen LogP) is 11.6. The van der Waals surface area contributed by atoms with E-state index in [9.17, 15) is 0 Å². The molecular weight excluding hydrogens is 617 g/mol. The highest BCUT2D eigenvalue weighted by Crippen LogP contribution is 2.41. The summed E-state index contributed by atoms with van der Waals surface area (Å²) < 4.78 is 0. The predicted molar refractivity (Wildman–Crippen MR) is 203 cm³/mol. The first kappa shape index (κ1) is 28.9. The van der Waals surface area contributed by atoms with Crippen LogP contribution in [0.3, 0.4) is 0 Å². The van der Waals surface area contributed by atoms with Gasteiger partial charge in [0.05, 0.1) is 21.6 Å². The number of fused-ring (bicyclic) bond motifs is 3. The molecule has 0 aliphatic rings. The highest BCUT2D eigenvalue weighted by atomic mass is 32.1. The van der Waals surface area contributed by atoms with Crippen molar-refractivity contribution < 1.29 is 0 Å². The molecule has 0 spiro atoms. The third-order valence-corrected chi connectivity index (χ3v) is 10.1. The van der Waals surface area contributed by atoms with E-state index < -0.39 is 0 Å². The Kier molecular flexibility index (Phi) is 7.30. The summed E-state index contributed by atoms with van der Waals surface area (Å²) in [4.78, 5) is 21.3. The van der Waals surface area contributed by atoms with Crippen molar-refractivity contribution in [3.05, 3.63) is 171 Å². The van der Waals surface area contributed by atoms with Crippen molar-refractivity contribution >= 4 is 33.1 Å². The van der Waals surface area contributed by atoms with Gasteiger partial charge in [-0.05, 0) is 93.5 Å². The fourth-order valence-corrected chi connectivity index (χ4v) is 7.51. The van der Waals surface area contributed by atoms with Gasteiger partial charge in [-0.3, -0.25) is 15.0 Å². The molecule has 0 fully saturated rings. The van der Waals surface area contributed by atoms with Crippen LogP contribution in [0.2, 0.25) is 0 Å². The van der Waals surface area contributed by atoms with Gasteiger partial charge in [0, 0.05) is 57.8 Å². The second kappa shape index (κ2) is 12.4. The van der Waals surface area contributed by atoms with Crippen LogP contribution in [-0.2, 0) is 0 Å². The second-order valence-electron chi connectivity index (χ2n) is 11.9. The number of hydrogen-bond acceptors (Lipinski definition) is 5. The maximum Gasteiger partial charge on any atom is 0.0978 e. The Morgan fingerprint density at radius 3 is 1.59 bits per heavy atom. The van der Waals surface area contributed by atoms with Crippen LogP contribution < -0.4 is 0 Å². The summed E-state index contributed by atoms with van der Waals surface area (Å²) in [6.45, 7) is 0. The molecule has 49 heavy (non-hydrogen) atoms. The van der Waals surface area contributed by atoms with Gasteiger partial charge in [-0.2, -0.15) is 0 Å². The first-order chi connectivity index (χ1) is 24.3. The van der Waals surface area contributed by atoms with Gasteiger partial charge < -0.3 is 0 Å². The summed E-state index contributed by atoms with van der Waals surface area (Å²) in [5.74, 6) is 0. The van der Waals surface area contributed by atoms with Crippen molar-refractivity contribution in [3.8, 4) is 65.5 Å². The molecule has 0 radical (unpaired) electrons. The molecule has 4 aromatic carbocycles. The fourth-order valence-electron chi connectivity index (χ4n) is 6.55. The van der Waals surface area contributed by atoms with Gasteiger partial charge in [0.2, 0.25) is 0 Å². The Morgan fingerprint density at radius 1 is 0.388 bits per heavy atom. The fraction of sp³-hybridized carbons (Fsp3) is 0. The Bertz CT molecular complexity index is 2530. The van der Waals surface area contributed by atoms with Crippen LogP contribution in [0.15, 0.2) is 171 Å². The Hall–Kier alpha value is -6.30. The van der Waals surface area contributed by atoms with Crippen molar-refractivity contribution in [1.82, 2.24) is 19.9 Å². The SMILES string of the molecule is c1ccc(-c2ccnc3c2ccc2c(-c4ccccc4)cc(-c4ccc(-c5cc(-c6cccnc6)cc(-c6cccnc6)c5)s4)nc23)cc1. The quantitative estimate of drug-likeness (QED) is 0.169. The lowest BCUT2D eigenvalue weighted by atomic mass is 9.95. The normalized spacial score (nSPS) is 11.3. The third-order valence-electron chi connectivity index (χ3n) is 8.93. The van der Waals surface area contributed by atoms with Crippen LogP contribution in [0.5, 0.6) is 0 Å². The topological polar surface area (TPSA) is 51.6 Å². The smallest absolute Gasteiger partial charge is 0.0978 e. The average molecular weight is 645 g/mol. The zero-order chi connectivity index (χ0) is 32.6. The number of nitrogens with zero attached hydrogens (tertiary/aromatic N) is 4. The molecule has 9 rings (SSSR count). The van der Waals surface area contributed by atoms with Gasteiger partial charge >= 0.3 is 0 Å². The standard InChI is InChI=1S/C44H28N4S/c1-3-9-29(10-4-1)36-19-22-47-43-37(36)15-16-38-39(30-11-5-2-6-12-30)26-40(48-44(38)43)42-18-17-41(49-42)35-24-33(31-13-7-20-45-27-31)23-34(25-35)32-14-8-21-46-28-32/h1-28H. The summed E-state index contributed by atoms with van der Waals surface area (Å²) in [5.41, 5.74) is 12.8. The van der Waals surface area contributed by atoms with E-state index >= 15 is 0 Å². The van der Waals surface area contributed by atoms with E-state index in [0.717, 1.165) is 87.3 Å². The molecule has 5 heteroatoms. The van der Waals surface area contributed by atoms with Gasteiger partial charge in [-0.15, -0.1) is 11.3 Å². The first-order valence-electron chi connectivity index (χ1n) is 16.2. The summed E-state index contributed by atoms with van der Waals surface area (Å²) >= 11 is 1.75. The maximum atomic E-state index is 5.36.